The van der Waals surface area contributed by atoms with Crippen LogP contribution in [0.25, 0.3) is 11.1 Å². The Bertz CT molecular complexity index is 2590. The fourth-order valence-corrected chi connectivity index (χ4v) is 9.35. The lowest BCUT2D eigenvalue weighted by Gasteiger charge is -2.38. The summed E-state index contributed by atoms with van der Waals surface area (Å²) in [5.74, 6) is -4.67. The number of ether oxygens (including phenoxy) is 2. The summed E-state index contributed by atoms with van der Waals surface area (Å²) in [6, 6.07) is 21.6. The molecule has 0 saturated carbocycles. The van der Waals surface area contributed by atoms with Crippen LogP contribution in [0.2, 0.25) is 10.0 Å². The van der Waals surface area contributed by atoms with Crippen LogP contribution in [-0.4, -0.2) is 108 Å². The van der Waals surface area contributed by atoms with E-state index in [0.717, 1.165) is 80.2 Å². The lowest BCUT2D eigenvalue weighted by atomic mass is 9.78. The zero-order valence-electron chi connectivity index (χ0n) is 41.3. The van der Waals surface area contributed by atoms with Crippen LogP contribution in [0.3, 0.4) is 0 Å². The maximum atomic E-state index is 12.9. The van der Waals surface area contributed by atoms with E-state index in [2.05, 4.69) is 53.7 Å². The third-order valence-corrected chi connectivity index (χ3v) is 15.1. The maximum absolute atomic E-state index is 12.9. The summed E-state index contributed by atoms with van der Waals surface area (Å²) in [7, 11) is -0.879. The molecule has 6 heterocycles. The van der Waals surface area contributed by atoms with Gasteiger partial charge in [-0.1, -0.05) is 67.4 Å². The molecule has 0 radical (unpaired) electrons. The Morgan fingerprint density at radius 1 is 0.543 bits per heavy atom. The van der Waals surface area contributed by atoms with Crippen molar-refractivity contribution in [2.24, 2.45) is 0 Å². The number of carbonyl (C=O) groups excluding carboxylic acids is 2. The highest BCUT2D eigenvalue weighted by molar-refractivity contribution is 6.62. The van der Waals surface area contributed by atoms with Crippen LogP contribution in [0.5, 0.6) is 11.5 Å². The Labute approximate surface area is 418 Å². The summed E-state index contributed by atoms with van der Waals surface area (Å²) in [6.45, 7) is 18.3. The molecule has 2 amide bonds. The topological polar surface area (TPSA) is 96.0 Å². The quantitative estimate of drug-likeness (QED) is 0.133. The lowest BCUT2D eigenvalue weighted by molar-refractivity contribution is -0.113. The first-order chi connectivity index (χ1) is 32.6. The molecule has 0 N–H and O–H groups in total. The number of alkyl halides is 4. The smallest absolute Gasteiger partial charge is 0.488 e. The van der Waals surface area contributed by atoms with Gasteiger partial charge in [-0.15, -0.1) is 0 Å². The minimum Gasteiger partial charge on any atom is -0.488 e. The molecule has 0 bridgehead atoms. The number of benzene rings is 4. The number of rotatable bonds is 7. The summed E-state index contributed by atoms with van der Waals surface area (Å²) in [5, 5.41) is 1.23. The number of fused-ring (bicyclic) bond motifs is 2. The van der Waals surface area contributed by atoms with E-state index < -0.39 is 56.3 Å². The van der Waals surface area contributed by atoms with Crippen LogP contribution in [0.4, 0.5) is 17.6 Å². The second kappa shape index (κ2) is 18.9. The molecule has 2 atom stereocenters. The van der Waals surface area contributed by atoms with Gasteiger partial charge >= 0.3 is 14.2 Å². The highest BCUT2D eigenvalue weighted by Crippen LogP contribution is 2.42. The Balaban J connectivity index is 0.000000142. The predicted octanol–water partition coefficient (Wildman–Crippen LogP) is 10.2. The van der Waals surface area contributed by atoms with Crippen LogP contribution in [0.15, 0.2) is 72.8 Å². The van der Waals surface area contributed by atoms with E-state index in [-0.39, 0.29) is 42.3 Å². The standard InChI is InChI=1S/C20H18ClF2NO2.C16H22BClO3.C16H20BF2NO3/c1-2-16-8-15-7-14(9-17(21)18(15)26-16)12-3-5-13(6-4-12)19(25)24-10-20(22,23)11-24;1-6-12-8-10-7-11(9-13(18)14(10)19-12)17-20-15(2,3)16(4,5)21-17;1-14(2)15(3,4)23-17(22-14)12-7-5-11(6-8-12)13(21)20-9-16(18,19)10-20/h3-7,9,16H,2,8,10-11H2,1H3;7,9,12H,6,8H2,1-5H3;5-8H,9-10H2,1-4H3. The van der Waals surface area contributed by atoms with Gasteiger partial charge < -0.3 is 37.9 Å². The molecule has 4 saturated heterocycles. The molecular weight excluding hydrogens is 949 g/mol. The number of halogens is 6. The van der Waals surface area contributed by atoms with Crippen molar-refractivity contribution in [2.75, 3.05) is 26.2 Å². The zero-order valence-corrected chi connectivity index (χ0v) is 42.8. The number of nitrogens with zero attached hydrogens (tertiary/aromatic N) is 2. The highest BCUT2D eigenvalue weighted by atomic mass is 35.5. The summed E-state index contributed by atoms with van der Waals surface area (Å²) in [5.41, 5.74) is 5.12. The van der Waals surface area contributed by atoms with Gasteiger partial charge in [0.2, 0.25) is 0 Å². The van der Waals surface area contributed by atoms with Crippen LogP contribution < -0.4 is 20.4 Å². The Hall–Kier alpha value is -4.31. The van der Waals surface area contributed by atoms with E-state index in [4.69, 9.17) is 51.3 Å². The summed E-state index contributed by atoms with van der Waals surface area (Å²) >= 11 is 12.7. The molecule has 70 heavy (non-hydrogen) atoms. The van der Waals surface area contributed by atoms with E-state index in [0.29, 0.717) is 21.2 Å². The molecule has 4 aromatic carbocycles. The van der Waals surface area contributed by atoms with Gasteiger partial charge in [-0.25, -0.2) is 17.6 Å². The second-order valence-electron chi connectivity index (χ2n) is 21.1. The van der Waals surface area contributed by atoms with E-state index in [1.54, 1.807) is 36.4 Å². The fraction of sp³-hybridized carbons (Fsp3) is 0.500. The van der Waals surface area contributed by atoms with Gasteiger partial charge in [0.05, 0.1) is 58.6 Å². The first-order valence-electron chi connectivity index (χ1n) is 23.8. The van der Waals surface area contributed by atoms with Crippen molar-refractivity contribution in [2.45, 2.75) is 141 Å². The second-order valence-corrected chi connectivity index (χ2v) is 21.9. The van der Waals surface area contributed by atoms with E-state index in [9.17, 15) is 27.2 Å². The normalized spacial score (nSPS) is 23.3. The van der Waals surface area contributed by atoms with Crippen LogP contribution in [-0.2, 0) is 31.5 Å². The van der Waals surface area contributed by atoms with Gasteiger partial charge in [-0.3, -0.25) is 9.59 Å². The molecule has 374 valence electrons. The van der Waals surface area contributed by atoms with E-state index >= 15 is 0 Å². The third kappa shape index (κ3) is 10.6. The van der Waals surface area contributed by atoms with Crippen molar-refractivity contribution < 1.29 is 55.2 Å². The van der Waals surface area contributed by atoms with Crippen LogP contribution in [0.1, 0.15) is 114 Å². The van der Waals surface area contributed by atoms with Crippen molar-refractivity contribution in [3.8, 4) is 22.6 Å². The first-order valence-corrected chi connectivity index (χ1v) is 24.6. The Morgan fingerprint density at radius 3 is 1.31 bits per heavy atom. The predicted molar refractivity (Wildman–Crippen MR) is 265 cm³/mol. The third-order valence-electron chi connectivity index (χ3n) is 14.6. The molecule has 18 heteroatoms. The maximum Gasteiger partial charge on any atom is 0.494 e. The number of hydrogen-bond donors (Lipinski definition) is 0. The molecule has 6 aliphatic rings. The molecule has 4 fully saturated rings. The molecule has 6 aliphatic heterocycles. The Morgan fingerprint density at radius 2 is 0.914 bits per heavy atom. The number of hydrogen-bond acceptors (Lipinski definition) is 8. The Kier molecular flexibility index (Phi) is 14.1. The summed E-state index contributed by atoms with van der Waals surface area (Å²) < 4.78 is 87.4. The van der Waals surface area contributed by atoms with Gasteiger partial charge in [0.1, 0.15) is 23.7 Å². The first kappa shape index (κ1) is 52.0. The molecule has 0 aliphatic carbocycles. The molecule has 2 unspecified atom stereocenters. The molecule has 0 spiro atoms. The van der Waals surface area contributed by atoms with E-state index in [1.165, 1.54) is 0 Å². The van der Waals surface area contributed by atoms with Crippen molar-refractivity contribution in [3.63, 3.8) is 0 Å². The largest absolute Gasteiger partial charge is 0.494 e. The molecule has 10 nitrogen and oxygen atoms in total. The number of carbonyl (C=O) groups is 2. The monoisotopic (exact) mass is 1010 g/mol. The van der Waals surface area contributed by atoms with Crippen molar-refractivity contribution in [1.82, 2.24) is 9.80 Å². The van der Waals surface area contributed by atoms with Crippen LogP contribution in [0, 0.1) is 0 Å². The molecule has 4 aromatic rings. The van der Waals surface area contributed by atoms with Gasteiger partial charge in [0.15, 0.2) is 0 Å². The minimum atomic E-state index is -2.75. The van der Waals surface area contributed by atoms with Gasteiger partial charge in [0.25, 0.3) is 23.7 Å². The SMILES string of the molecule is CC1(C)OB(c2ccc(C(=O)N3CC(F)(F)C3)cc2)OC1(C)C.CCC1Cc2cc(-c3ccc(C(=O)N4CC(F)(F)C4)cc3)cc(Cl)c2O1.CCC1Cc2cc(B3OC(C)(C)C(C)(C)O3)cc(Cl)c2O1. The molecule has 10 rings (SSSR count). The van der Waals surface area contributed by atoms with Gasteiger partial charge in [0, 0.05) is 24.0 Å². The van der Waals surface area contributed by atoms with Crippen molar-refractivity contribution in [3.05, 3.63) is 105 Å². The summed E-state index contributed by atoms with van der Waals surface area (Å²) in [6.07, 6.45) is 4.03. The van der Waals surface area contributed by atoms with Crippen LogP contribution >= 0.6 is 23.2 Å². The average molecular weight is 1010 g/mol. The lowest BCUT2D eigenvalue weighted by Crippen LogP contribution is -2.58. The van der Waals surface area contributed by atoms with E-state index in [1.807, 2.05) is 52.0 Å². The zero-order chi connectivity index (χ0) is 50.9. The van der Waals surface area contributed by atoms with Crippen molar-refractivity contribution >= 4 is 60.2 Å². The molecule has 0 aromatic heterocycles. The number of likely N-dealkylation sites (tertiary alicyclic amines) is 2. The summed E-state index contributed by atoms with van der Waals surface area (Å²) in [4.78, 5) is 26.6. The van der Waals surface area contributed by atoms with Gasteiger partial charge in [-0.05, 0) is 144 Å². The molecular formula is C52H60B2Cl2F4N2O8. The van der Waals surface area contributed by atoms with Gasteiger partial charge in [-0.2, -0.15) is 0 Å². The minimum absolute atomic E-state index is 0.160. The van der Waals surface area contributed by atoms with Crippen molar-refractivity contribution in [1.29, 1.82) is 0 Å². The fourth-order valence-electron chi connectivity index (χ4n) is 8.78. The average Bonchev–Trinajstić information content (AvgIpc) is 4.01. The number of amides is 2. The highest BCUT2D eigenvalue weighted by Gasteiger charge is 2.53.